The molecule has 4 nitrogen and oxygen atoms in total. The van der Waals surface area contributed by atoms with Crippen LogP contribution in [0.1, 0.15) is 5.56 Å². The standard InChI is InChI=1S/C17H14BrN3OS/c1-19-17-21(20-10-13-5-2-3-8-16(13)22)15(11-23-17)12-6-4-7-14(18)9-12/h2-11,22H,1H3. The molecule has 0 aliphatic rings. The number of halogens is 1. The molecule has 3 rings (SSSR count). The monoisotopic (exact) mass is 387 g/mol. The van der Waals surface area contributed by atoms with Gasteiger partial charge in [-0.15, -0.1) is 11.3 Å². The van der Waals surface area contributed by atoms with Crippen molar-refractivity contribution in [2.75, 3.05) is 7.05 Å². The zero-order valence-electron chi connectivity index (χ0n) is 12.3. The summed E-state index contributed by atoms with van der Waals surface area (Å²) in [6.45, 7) is 0. The number of benzene rings is 2. The smallest absolute Gasteiger partial charge is 0.205 e. The summed E-state index contributed by atoms with van der Waals surface area (Å²) in [5, 5.41) is 16.4. The van der Waals surface area contributed by atoms with Gasteiger partial charge >= 0.3 is 0 Å². The molecule has 0 saturated heterocycles. The SMILES string of the molecule is CN=c1scc(-c2cccc(Br)c2)n1N=Cc1ccccc1O. The highest BCUT2D eigenvalue weighted by molar-refractivity contribution is 9.10. The molecule has 0 fully saturated rings. The van der Waals surface area contributed by atoms with Crippen molar-refractivity contribution < 1.29 is 5.11 Å². The van der Waals surface area contributed by atoms with E-state index >= 15 is 0 Å². The molecule has 2 aromatic carbocycles. The average Bonchev–Trinajstić information content (AvgIpc) is 2.97. The Bertz CT molecular complexity index is 927. The molecule has 0 amide bonds. The molecule has 1 N–H and O–H groups in total. The molecule has 1 aromatic heterocycles. The Morgan fingerprint density at radius 1 is 1.17 bits per heavy atom. The van der Waals surface area contributed by atoms with E-state index in [-0.39, 0.29) is 5.75 Å². The normalized spacial score (nSPS) is 12.2. The van der Waals surface area contributed by atoms with Crippen LogP contribution in [0.5, 0.6) is 5.75 Å². The molecule has 0 atom stereocenters. The van der Waals surface area contributed by atoms with Crippen LogP contribution in [0.2, 0.25) is 0 Å². The van der Waals surface area contributed by atoms with E-state index in [2.05, 4.69) is 26.0 Å². The lowest BCUT2D eigenvalue weighted by Gasteiger charge is -2.04. The molecule has 116 valence electrons. The lowest BCUT2D eigenvalue weighted by atomic mass is 10.2. The van der Waals surface area contributed by atoms with Gasteiger partial charge in [-0.05, 0) is 24.3 Å². The van der Waals surface area contributed by atoms with Gasteiger partial charge in [-0.1, -0.05) is 40.2 Å². The van der Waals surface area contributed by atoms with E-state index in [1.54, 1.807) is 30.1 Å². The first-order valence-electron chi connectivity index (χ1n) is 6.90. The summed E-state index contributed by atoms with van der Waals surface area (Å²) in [6, 6.07) is 15.1. The minimum absolute atomic E-state index is 0.200. The van der Waals surface area contributed by atoms with Crippen LogP contribution < -0.4 is 4.80 Å². The van der Waals surface area contributed by atoms with E-state index in [0.29, 0.717) is 5.56 Å². The van der Waals surface area contributed by atoms with Gasteiger partial charge in [-0.3, -0.25) is 4.99 Å². The van der Waals surface area contributed by atoms with E-state index in [9.17, 15) is 5.11 Å². The molecule has 0 saturated carbocycles. The maximum atomic E-state index is 9.86. The minimum atomic E-state index is 0.200. The maximum Gasteiger partial charge on any atom is 0.205 e. The summed E-state index contributed by atoms with van der Waals surface area (Å²) >= 11 is 5.01. The highest BCUT2D eigenvalue weighted by Crippen LogP contribution is 2.23. The fourth-order valence-electron chi connectivity index (χ4n) is 2.13. The van der Waals surface area contributed by atoms with Gasteiger partial charge in [0.25, 0.3) is 0 Å². The zero-order chi connectivity index (χ0) is 16.2. The van der Waals surface area contributed by atoms with Gasteiger partial charge < -0.3 is 5.11 Å². The molecule has 0 spiro atoms. The van der Waals surface area contributed by atoms with Gasteiger partial charge in [0.15, 0.2) is 0 Å². The van der Waals surface area contributed by atoms with Crippen LogP contribution in [0.4, 0.5) is 0 Å². The van der Waals surface area contributed by atoms with Gasteiger partial charge in [-0.25, -0.2) is 4.68 Å². The predicted molar refractivity (Wildman–Crippen MR) is 98.0 cm³/mol. The lowest BCUT2D eigenvalue weighted by molar-refractivity contribution is 0.474. The number of thiazole rings is 1. The molecule has 0 bridgehead atoms. The second-order valence-electron chi connectivity index (χ2n) is 4.75. The molecule has 0 radical (unpaired) electrons. The van der Waals surface area contributed by atoms with Crippen molar-refractivity contribution in [2.45, 2.75) is 0 Å². The second kappa shape index (κ2) is 6.93. The predicted octanol–water partition coefficient (Wildman–Crippen LogP) is 4.10. The Balaban J connectivity index is 2.09. The van der Waals surface area contributed by atoms with Crippen molar-refractivity contribution in [1.29, 1.82) is 0 Å². The molecule has 6 heteroatoms. The van der Waals surface area contributed by atoms with Gasteiger partial charge in [0.05, 0.1) is 11.9 Å². The highest BCUT2D eigenvalue weighted by atomic mass is 79.9. The molecule has 1 heterocycles. The second-order valence-corrected chi connectivity index (χ2v) is 6.50. The van der Waals surface area contributed by atoms with Crippen molar-refractivity contribution in [3.05, 3.63) is 68.7 Å². The fourth-order valence-corrected chi connectivity index (χ4v) is 3.33. The summed E-state index contributed by atoms with van der Waals surface area (Å²) < 4.78 is 2.78. The first kappa shape index (κ1) is 15.7. The first-order valence-corrected chi connectivity index (χ1v) is 8.58. The number of rotatable bonds is 3. The van der Waals surface area contributed by atoms with Crippen molar-refractivity contribution in [3.8, 4) is 17.0 Å². The van der Waals surface area contributed by atoms with Crippen LogP contribution >= 0.6 is 27.3 Å². The molecule has 0 aliphatic heterocycles. The van der Waals surface area contributed by atoms with Crippen LogP contribution in [-0.2, 0) is 0 Å². The highest BCUT2D eigenvalue weighted by Gasteiger charge is 2.07. The van der Waals surface area contributed by atoms with Gasteiger partial charge in [0, 0.05) is 28.0 Å². The maximum absolute atomic E-state index is 9.86. The Labute approximate surface area is 146 Å². The molecule has 0 unspecified atom stereocenters. The molecule has 0 aliphatic carbocycles. The van der Waals surface area contributed by atoms with E-state index < -0.39 is 0 Å². The topological polar surface area (TPSA) is 49.9 Å². The Kier molecular flexibility index (Phi) is 4.73. The number of aromatic hydroxyl groups is 1. The third kappa shape index (κ3) is 3.43. The van der Waals surface area contributed by atoms with Crippen molar-refractivity contribution in [3.63, 3.8) is 0 Å². The van der Waals surface area contributed by atoms with Crippen LogP contribution in [0.15, 0.2) is 68.5 Å². The van der Waals surface area contributed by atoms with E-state index in [1.807, 2.05) is 41.8 Å². The van der Waals surface area contributed by atoms with Crippen LogP contribution in [0.3, 0.4) is 0 Å². The Morgan fingerprint density at radius 3 is 2.74 bits per heavy atom. The summed E-state index contributed by atoms with van der Waals surface area (Å²) in [7, 11) is 1.74. The van der Waals surface area contributed by atoms with Crippen LogP contribution in [0, 0.1) is 0 Å². The van der Waals surface area contributed by atoms with Gasteiger partial charge in [0.1, 0.15) is 5.75 Å². The quantitative estimate of drug-likeness (QED) is 0.675. The number of nitrogens with zero attached hydrogens (tertiary/aromatic N) is 3. The Morgan fingerprint density at radius 2 is 2.00 bits per heavy atom. The average molecular weight is 388 g/mol. The fraction of sp³-hybridized carbons (Fsp3) is 0.0588. The molecule has 3 aromatic rings. The molecule has 23 heavy (non-hydrogen) atoms. The number of para-hydroxylation sites is 1. The number of aromatic nitrogens is 1. The van der Waals surface area contributed by atoms with Gasteiger partial charge in [-0.2, -0.15) is 5.10 Å². The third-order valence-corrected chi connectivity index (χ3v) is 4.65. The summed E-state index contributed by atoms with van der Waals surface area (Å²) in [6.07, 6.45) is 1.64. The molecular formula is C17H14BrN3OS. The number of phenols is 1. The molecular weight excluding hydrogens is 374 g/mol. The number of phenolic OH excluding ortho intramolecular Hbond substituents is 1. The van der Waals surface area contributed by atoms with E-state index in [0.717, 1.165) is 20.5 Å². The van der Waals surface area contributed by atoms with Crippen molar-refractivity contribution >= 4 is 33.5 Å². The minimum Gasteiger partial charge on any atom is -0.507 e. The number of hydrogen-bond acceptors (Lipinski definition) is 4. The largest absolute Gasteiger partial charge is 0.507 e. The van der Waals surface area contributed by atoms with E-state index in [1.165, 1.54) is 11.3 Å². The Hall–Kier alpha value is -2.18. The van der Waals surface area contributed by atoms with Crippen molar-refractivity contribution in [1.82, 2.24) is 4.68 Å². The summed E-state index contributed by atoms with van der Waals surface area (Å²) in [4.78, 5) is 5.05. The van der Waals surface area contributed by atoms with Crippen molar-refractivity contribution in [2.24, 2.45) is 10.1 Å². The lowest BCUT2D eigenvalue weighted by Crippen LogP contribution is -2.11. The first-order chi connectivity index (χ1) is 11.2. The van der Waals surface area contributed by atoms with Gasteiger partial charge in [0.2, 0.25) is 4.80 Å². The van der Waals surface area contributed by atoms with E-state index in [4.69, 9.17) is 0 Å². The number of hydrogen-bond donors (Lipinski definition) is 1. The summed E-state index contributed by atoms with van der Waals surface area (Å²) in [5.74, 6) is 0.200. The zero-order valence-corrected chi connectivity index (χ0v) is 14.8. The van der Waals surface area contributed by atoms with Crippen LogP contribution in [0.25, 0.3) is 11.3 Å². The van der Waals surface area contributed by atoms with Crippen LogP contribution in [-0.4, -0.2) is 23.0 Å². The summed E-state index contributed by atoms with van der Waals surface area (Å²) in [5.41, 5.74) is 2.65. The third-order valence-electron chi connectivity index (χ3n) is 3.25.